The van der Waals surface area contributed by atoms with Gasteiger partial charge in [-0.25, -0.2) is 0 Å². The van der Waals surface area contributed by atoms with Crippen LogP contribution < -0.4 is 5.32 Å². The Kier molecular flexibility index (Phi) is 7.87. The first-order valence-corrected chi connectivity index (χ1v) is 7.79. The summed E-state index contributed by atoms with van der Waals surface area (Å²) in [7, 11) is 2.22. The average Bonchev–Trinajstić information content (AvgIpc) is 2.59. The highest BCUT2D eigenvalue weighted by Crippen LogP contribution is 2.10. The second kappa shape index (κ2) is 8.89. The Hall–Kier alpha value is -0.120. The highest BCUT2D eigenvalue weighted by molar-refractivity contribution is 4.74. The van der Waals surface area contributed by atoms with Crippen LogP contribution in [-0.2, 0) is 0 Å². The zero-order valence-electron chi connectivity index (χ0n) is 12.9. The fourth-order valence-corrected chi connectivity index (χ4v) is 2.57. The Morgan fingerprint density at radius 3 is 2.72 bits per heavy atom. The van der Waals surface area contributed by atoms with E-state index >= 15 is 0 Å². The van der Waals surface area contributed by atoms with Crippen LogP contribution in [0.25, 0.3) is 0 Å². The van der Waals surface area contributed by atoms with Gasteiger partial charge in [-0.05, 0) is 79.3 Å². The molecule has 0 amide bonds. The second-order valence-corrected chi connectivity index (χ2v) is 5.94. The summed E-state index contributed by atoms with van der Waals surface area (Å²) >= 11 is 0. The van der Waals surface area contributed by atoms with Crippen molar-refractivity contribution in [2.75, 3.05) is 39.8 Å². The Labute approximate surface area is 114 Å². The minimum Gasteiger partial charge on any atom is -0.314 e. The molecule has 0 saturated carbocycles. The van der Waals surface area contributed by atoms with E-state index in [0.29, 0.717) is 6.04 Å². The van der Waals surface area contributed by atoms with Gasteiger partial charge in [0.2, 0.25) is 0 Å². The highest BCUT2D eigenvalue weighted by Gasteiger charge is 2.15. The summed E-state index contributed by atoms with van der Waals surface area (Å²) in [6, 6.07) is 1.42. The molecular formula is C15H33N3. The first kappa shape index (κ1) is 15.9. The molecule has 3 heteroatoms. The van der Waals surface area contributed by atoms with Gasteiger partial charge in [0.25, 0.3) is 0 Å². The van der Waals surface area contributed by atoms with Crippen LogP contribution in [-0.4, -0.2) is 61.7 Å². The van der Waals surface area contributed by atoms with Gasteiger partial charge in [0.05, 0.1) is 0 Å². The van der Waals surface area contributed by atoms with Crippen molar-refractivity contribution in [3.05, 3.63) is 0 Å². The van der Waals surface area contributed by atoms with Gasteiger partial charge in [-0.2, -0.15) is 0 Å². The minimum atomic E-state index is 0.668. The molecule has 0 spiro atoms. The number of hydrogen-bond donors (Lipinski definition) is 1. The third kappa shape index (κ3) is 6.17. The third-order valence-electron chi connectivity index (χ3n) is 4.27. The van der Waals surface area contributed by atoms with Crippen molar-refractivity contribution in [1.82, 2.24) is 15.1 Å². The molecule has 1 heterocycles. The molecule has 0 aromatic heterocycles. The van der Waals surface area contributed by atoms with E-state index in [1.165, 1.54) is 58.4 Å². The molecule has 0 aromatic rings. The fourth-order valence-electron chi connectivity index (χ4n) is 2.57. The molecule has 0 radical (unpaired) electrons. The van der Waals surface area contributed by atoms with Crippen molar-refractivity contribution in [2.24, 2.45) is 0 Å². The molecule has 0 aliphatic carbocycles. The molecule has 3 nitrogen and oxygen atoms in total. The molecular weight excluding hydrogens is 222 g/mol. The summed E-state index contributed by atoms with van der Waals surface area (Å²) < 4.78 is 0. The van der Waals surface area contributed by atoms with Crippen molar-refractivity contribution < 1.29 is 0 Å². The first-order valence-electron chi connectivity index (χ1n) is 7.79. The van der Waals surface area contributed by atoms with Crippen LogP contribution in [0.15, 0.2) is 0 Å². The summed E-state index contributed by atoms with van der Waals surface area (Å²) in [4.78, 5) is 5.00. The molecule has 1 unspecified atom stereocenters. The van der Waals surface area contributed by atoms with E-state index in [2.05, 4.69) is 42.9 Å². The van der Waals surface area contributed by atoms with Crippen LogP contribution in [0.1, 0.15) is 46.5 Å². The lowest BCUT2D eigenvalue weighted by atomic mass is 10.1. The Morgan fingerprint density at radius 1 is 1.28 bits per heavy atom. The van der Waals surface area contributed by atoms with Crippen molar-refractivity contribution in [2.45, 2.75) is 58.5 Å². The fraction of sp³-hybridized carbons (Fsp3) is 1.00. The summed E-state index contributed by atoms with van der Waals surface area (Å²) in [6.45, 7) is 13.0. The molecule has 1 N–H and O–H groups in total. The quantitative estimate of drug-likeness (QED) is 0.704. The average molecular weight is 255 g/mol. The van der Waals surface area contributed by atoms with Crippen LogP contribution in [0.5, 0.6) is 0 Å². The molecule has 1 atom stereocenters. The molecule has 1 aliphatic rings. The van der Waals surface area contributed by atoms with Crippen molar-refractivity contribution in [3.63, 3.8) is 0 Å². The second-order valence-electron chi connectivity index (χ2n) is 5.94. The maximum Gasteiger partial charge on any atom is 0.00797 e. The van der Waals surface area contributed by atoms with E-state index in [1.807, 2.05) is 0 Å². The van der Waals surface area contributed by atoms with E-state index in [9.17, 15) is 0 Å². The lowest BCUT2D eigenvalue weighted by Crippen LogP contribution is -2.34. The van der Waals surface area contributed by atoms with Gasteiger partial charge in [-0.15, -0.1) is 0 Å². The predicted octanol–water partition coefficient (Wildman–Crippen LogP) is 2.18. The van der Waals surface area contributed by atoms with Crippen molar-refractivity contribution in [3.8, 4) is 0 Å². The number of hydrogen-bond acceptors (Lipinski definition) is 3. The molecule has 18 heavy (non-hydrogen) atoms. The van der Waals surface area contributed by atoms with Gasteiger partial charge in [0.15, 0.2) is 0 Å². The predicted molar refractivity (Wildman–Crippen MR) is 80.1 cm³/mol. The monoisotopic (exact) mass is 255 g/mol. The maximum atomic E-state index is 3.75. The van der Waals surface area contributed by atoms with E-state index in [4.69, 9.17) is 0 Å². The minimum absolute atomic E-state index is 0.668. The summed E-state index contributed by atoms with van der Waals surface area (Å²) in [5, 5.41) is 3.75. The Morgan fingerprint density at radius 2 is 2.06 bits per heavy atom. The normalized spacial score (nSPS) is 22.7. The standard InChI is InChI=1S/C15H33N3/c1-5-18-12-6-8-15(9-13-18)16-10-7-11-17(4)14(2)3/h14-16H,5-13H2,1-4H3. The summed E-state index contributed by atoms with van der Waals surface area (Å²) in [6.07, 6.45) is 5.31. The number of likely N-dealkylation sites (tertiary alicyclic amines) is 1. The van der Waals surface area contributed by atoms with Crippen molar-refractivity contribution >= 4 is 0 Å². The molecule has 1 fully saturated rings. The SMILES string of the molecule is CCN1CCCC(NCCCN(C)C(C)C)CC1. The lowest BCUT2D eigenvalue weighted by molar-refractivity contribution is 0.266. The van der Waals surface area contributed by atoms with Crippen LogP contribution in [0, 0.1) is 0 Å². The Bertz CT molecular complexity index is 206. The molecule has 1 aliphatic heterocycles. The maximum absolute atomic E-state index is 3.75. The van der Waals surface area contributed by atoms with Gasteiger partial charge < -0.3 is 15.1 Å². The van der Waals surface area contributed by atoms with E-state index in [1.54, 1.807) is 0 Å². The van der Waals surface area contributed by atoms with Gasteiger partial charge in [-0.3, -0.25) is 0 Å². The summed E-state index contributed by atoms with van der Waals surface area (Å²) in [5.74, 6) is 0. The van der Waals surface area contributed by atoms with Gasteiger partial charge in [-0.1, -0.05) is 6.92 Å². The van der Waals surface area contributed by atoms with E-state index in [-0.39, 0.29) is 0 Å². The largest absolute Gasteiger partial charge is 0.314 e. The topological polar surface area (TPSA) is 18.5 Å². The Balaban J connectivity index is 2.08. The van der Waals surface area contributed by atoms with Crippen LogP contribution in [0.4, 0.5) is 0 Å². The molecule has 0 aromatic carbocycles. The number of nitrogens with zero attached hydrogens (tertiary/aromatic N) is 2. The molecule has 0 bridgehead atoms. The lowest BCUT2D eigenvalue weighted by Gasteiger charge is -2.22. The zero-order chi connectivity index (χ0) is 13.4. The van der Waals surface area contributed by atoms with Gasteiger partial charge in [0, 0.05) is 12.1 Å². The highest BCUT2D eigenvalue weighted by atomic mass is 15.1. The van der Waals surface area contributed by atoms with Gasteiger partial charge >= 0.3 is 0 Å². The smallest absolute Gasteiger partial charge is 0.00797 e. The van der Waals surface area contributed by atoms with Crippen LogP contribution in [0.3, 0.4) is 0 Å². The summed E-state index contributed by atoms with van der Waals surface area (Å²) in [5.41, 5.74) is 0. The third-order valence-corrected chi connectivity index (χ3v) is 4.27. The van der Waals surface area contributed by atoms with E-state index < -0.39 is 0 Å². The van der Waals surface area contributed by atoms with Crippen molar-refractivity contribution in [1.29, 1.82) is 0 Å². The number of rotatable bonds is 7. The van der Waals surface area contributed by atoms with Crippen LogP contribution >= 0.6 is 0 Å². The molecule has 1 saturated heterocycles. The molecule has 1 rings (SSSR count). The first-order chi connectivity index (χ1) is 8.63. The van der Waals surface area contributed by atoms with E-state index in [0.717, 1.165) is 6.04 Å². The molecule has 108 valence electrons. The van der Waals surface area contributed by atoms with Crippen LogP contribution in [0.2, 0.25) is 0 Å². The zero-order valence-corrected chi connectivity index (χ0v) is 12.9. The number of nitrogens with one attached hydrogen (secondary N) is 1. The van der Waals surface area contributed by atoms with Gasteiger partial charge in [0.1, 0.15) is 0 Å².